The van der Waals surface area contributed by atoms with Gasteiger partial charge in [-0.25, -0.2) is 18.2 Å². The van der Waals surface area contributed by atoms with Gasteiger partial charge in [-0.3, -0.25) is 4.79 Å². The van der Waals surface area contributed by atoms with Gasteiger partial charge in [-0.15, -0.1) is 11.3 Å². The van der Waals surface area contributed by atoms with E-state index in [9.17, 15) is 18.0 Å². The predicted octanol–water partition coefficient (Wildman–Crippen LogP) is 5.06. The van der Waals surface area contributed by atoms with E-state index in [2.05, 4.69) is 10.3 Å². The molecule has 1 amide bonds. The lowest BCUT2D eigenvalue weighted by Gasteiger charge is -2.05. The Bertz CT molecular complexity index is 925. The molecule has 0 aliphatic heterocycles. The number of rotatable bonds is 4. The molecule has 0 saturated heterocycles. The summed E-state index contributed by atoms with van der Waals surface area (Å²) in [5.74, 6) is -2.98. The van der Waals surface area contributed by atoms with Crippen molar-refractivity contribution in [3.05, 3.63) is 69.8 Å². The van der Waals surface area contributed by atoms with Crippen LogP contribution in [0.2, 0.25) is 5.02 Å². The van der Waals surface area contributed by atoms with E-state index in [0.29, 0.717) is 11.3 Å². The molecule has 0 aliphatic carbocycles. The highest BCUT2D eigenvalue weighted by Crippen LogP contribution is 2.26. The number of amides is 1. The molecular formula is C17H10ClF3N2OS. The molecule has 0 unspecified atom stereocenters. The van der Waals surface area contributed by atoms with E-state index in [-0.39, 0.29) is 22.1 Å². The summed E-state index contributed by atoms with van der Waals surface area (Å²) in [6, 6.07) is 7.58. The fourth-order valence-corrected chi connectivity index (χ4v) is 3.11. The number of thiazole rings is 1. The molecule has 8 heteroatoms. The first kappa shape index (κ1) is 17.4. The van der Waals surface area contributed by atoms with Crippen LogP contribution >= 0.6 is 22.9 Å². The summed E-state index contributed by atoms with van der Waals surface area (Å²) in [5.41, 5.74) is 0.870. The molecule has 3 rings (SSSR count). The maximum absolute atomic E-state index is 13.7. The van der Waals surface area contributed by atoms with Gasteiger partial charge in [0, 0.05) is 21.5 Å². The predicted molar refractivity (Wildman–Crippen MR) is 91.2 cm³/mol. The summed E-state index contributed by atoms with van der Waals surface area (Å²) in [6.45, 7) is 0. The van der Waals surface area contributed by atoms with Gasteiger partial charge in [0.25, 0.3) is 0 Å². The number of aromatic nitrogens is 1. The Hall–Kier alpha value is -2.38. The third-order valence-corrected chi connectivity index (χ3v) is 4.48. The highest BCUT2D eigenvalue weighted by molar-refractivity contribution is 7.14. The van der Waals surface area contributed by atoms with Crippen molar-refractivity contribution in [2.45, 2.75) is 6.42 Å². The van der Waals surface area contributed by atoms with Gasteiger partial charge >= 0.3 is 0 Å². The Balaban J connectivity index is 1.73. The summed E-state index contributed by atoms with van der Waals surface area (Å²) < 4.78 is 40.0. The molecule has 1 heterocycles. The van der Waals surface area contributed by atoms with Crippen molar-refractivity contribution < 1.29 is 18.0 Å². The second-order valence-electron chi connectivity index (χ2n) is 5.09. The van der Waals surface area contributed by atoms with Crippen LogP contribution in [0.4, 0.5) is 18.3 Å². The summed E-state index contributed by atoms with van der Waals surface area (Å²) in [4.78, 5) is 16.2. The van der Waals surface area contributed by atoms with Crippen LogP contribution in [-0.2, 0) is 11.2 Å². The van der Waals surface area contributed by atoms with Gasteiger partial charge < -0.3 is 5.32 Å². The standard InChI is InChI=1S/C17H10ClF3N2OS/c18-11-2-1-3-12(19)10(11)7-16(24)23-17-22-15(8-25-17)9-4-5-13(20)14(21)6-9/h1-6,8H,7H2,(H,22,23,24). The highest BCUT2D eigenvalue weighted by atomic mass is 35.5. The van der Waals surface area contributed by atoms with E-state index in [1.165, 1.54) is 24.3 Å². The Morgan fingerprint density at radius 1 is 1.12 bits per heavy atom. The van der Waals surface area contributed by atoms with Crippen molar-refractivity contribution in [1.82, 2.24) is 4.98 Å². The van der Waals surface area contributed by atoms with Crippen LogP contribution in [0.1, 0.15) is 5.56 Å². The average Bonchev–Trinajstić information content (AvgIpc) is 3.02. The van der Waals surface area contributed by atoms with E-state index < -0.39 is 23.4 Å². The first-order valence-corrected chi connectivity index (χ1v) is 8.33. The number of nitrogens with one attached hydrogen (secondary N) is 1. The molecule has 3 nitrogen and oxygen atoms in total. The lowest BCUT2D eigenvalue weighted by molar-refractivity contribution is -0.115. The molecule has 1 aromatic heterocycles. The summed E-state index contributed by atoms with van der Waals surface area (Å²) in [5, 5.41) is 4.56. The first-order chi connectivity index (χ1) is 11.9. The molecule has 0 fully saturated rings. The Labute approximate surface area is 150 Å². The van der Waals surface area contributed by atoms with Crippen molar-refractivity contribution in [3.8, 4) is 11.3 Å². The molecule has 1 N–H and O–H groups in total. The average molecular weight is 383 g/mol. The van der Waals surface area contributed by atoms with Gasteiger partial charge in [0.1, 0.15) is 5.82 Å². The van der Waals surface area contributed by atoms with Crippen molar-refractivity contribution in [2.24, 2.45) is 0 Å². The molecule has 0 bridgehead atoms. The molecule has 25 heavy (non-hydrogen) atoms. The van der Waals surface area contributed by atoms with Gasteiger partial charge in [-0.2, -0.15) is 0 Å². The molecule has 2 aromatic carbocycles. The number of carbonyl (C=O) groups is 1. The van der Waals surface area contributed by atoms with Crippen molar-refractivity contribution in [2.75, 3.05) is 5.32 Å². The van der Waals surface area contributed by atoms with Gasteiger partial charge in [-0.1, -0.05) is 17.7 Å². The van der Waals surface area contributed by atoms with E-state index in [1.54, 1.807) is 5.38 Å². The van der Waals surface area contributed by atoms with Gasteiger partial charge in [-0.05, 0) is 30.3 Å². The lowest BCUT2D eigenvalue weighted by atomic mass is 10.1. The number of hydrogen-bond acceptors (Lipinski definition) is 3. The van der Waals surface area contributed by atoms with Crippen molar-refractivity contribution in [3.63, 3.8) is 0 Å². The van der Waals surface area contributed by atoms with E-state index in [4.69, 9.17) is 11.6 Å². The second-order valence-corrected chi connectivity index (χ2v) is 6.36. The van der Waals surface area contributed by atoms with Crippen molar-refractivity contribution in [1.29, 1.82) is 0 Å². The zero-order valence-electron chi connectivity index (χ0n) is 12.5. The first-order valence-electron chi connectivity index (χ1n) is 7.07. The normalized spacial score (nSPS) is 10.7. The van der Waals surface area contributed by atoms with Crippen LogP contribution in [0.5, 0.6) is 0 Å². The minimum atomic E-state index is -0.981. The molecule has 0 saturated carbocycles. The zero-order chi connectivity index (χ0) is 18.0. The van der Waals surface area contributed by atoms with Gasteiger partial charge in [0.2, 0.25) is 5.91 Å². The minimum absolute atomic E-state index is 0.0963. The van der Waals surface area contributed by atoms with Gasteiger partial charge in [0.15, 0.2) is 16.8 Å². The Kier molecular flexibility index (Phi) is 5.06. The molecule has 0 atom stereocenters. The zero-order valence-corrected chi connectivity index (χ0v) is 14.1. The molecule has 0 radical (unpaired) electrons. The smallest absolute Gasteiger partial charge is 0.230 e. The van der Waals surface area contributed by atoms with Gasteiger partial charge in [0.05, 0.1) is 12.1 Å². The number of nitrogens with zero attached hydrogens (tertiary/aromatic N) is 1. The van der Waals surface area contributed by atoms with Crippen LogP contribution in [0.25, 0.3) is 11.3 Å². The van der Waals surface area contributed by atoms with E-state index in [1.807, 2.05) is 0 Å². The van der Waals surface area contributed by atoms with Crippen LogP contribution in [0.15, 0.2) is 41.8 Å². The number of carbonyl (C=O) groups excluding carboxylic acids is 1. The Morgan fingerprint density at radius 3 is 2.64 bits per heavy atom. The SMILES string of the molecule is O=C(Cc1c(F)cccc1Cl)Nc1nc(-c2ccc(F)c(F)c2)cs1. The lowest BCUT2D eigenvalue weighted by Crippen LogP contribution is -2.15. The largest absolute Gasteiger partial charge is 0.302 e. The molecule has 0 aliphatic rings. The topological polar surface area (TPSA) is 42.0 Å². The summed E-state index contributed by atoms with van der Waals surface area (Å²) >= 11 is 7.00. The number of anilines is 1. The third-order valence-electron chi connectivity index (χ3n) is 3.36. The molecular weight excluding hydrogens is 373 g/mol. The van der Waals surface area contributed by atoms with Crippen LogP contribution < -0.4 is 5.32 Å². The van der Waals surface area contributed by atoms with Crippen LogP contribution in [0, 0.1) is 17.5 Å². The number of benzene rings is 2. The number of hydrogen-bond donors (Lipinski definition) is 1. The summed E-state index contributed by atoms with van der Waals surface area (Å²) in [7, 11) is 0. The molecule has 0 spiro atoms. The molecule has 128 valence electrons. The fourth-order valence-electron chi connectivity index (χ4n) is 2.14. The van der Waals surface area contributed by atoms with Crippen LogP contribution in [-0.4, -0.2) is 10.9 Å². The summed E-state index contributed by atoms with van der Waals surface area (Å²) in [6.07, 6.45) is -0.244. The second kappa shape index (κ2) is 7.25. The Morgan fingerprint density at radius 2 is 1.92 bits per heavy atom. The quantitative estimate of drug-likeness (QED) is 0.685. The fraction of sp³-hybridized carbons (Fsp3) is 0.0588. The van der Waals surface area contributed by atoms with Crippen LogP contribution in [0.3, 0.4) is 0 Å². The van der Waals surface area contributed by atoms with Crippen molar-refractivity contribution >= 4 is 34.0 Å². The number of halogens is 4. The van der Waals surface area contributed by atoms with E-state index in [0.717, 1.165) is 23.5 Å². The molecule has 3 aromatic rings. The minimum Gasteiger partial charge on any atom is -0.302 e. The maximum atomic E-state index is 13.7. The monoisotopic (exact) mass is 382 g/mol. The third kappa shape index (κ3) is 4.00. The van der Waals surface area contributed by atoms with E-state index >= 15 is 0 Å². The highest BCUT2D eigenvalue weighted by Gasteiger charge is 2.14. The maximum Gasteiger partial charge on any atom is 0.230 e.